The molecule has 0 saturated carbocycles. The Morgan fingerprint density at radius 1 is 1.18 bits per heavy atom. The topological polar surface area (TPSA) is 71.2 Å². The van der Waals surface area contributed by atoms with Crippen molar-refractivity contribution < 1.29 is 4.79 Å². The van der Waals surface area contributed by atoms with Gasteiger partial charge in [0, 0.05) is 43.1 Å². The van der Waals surface area contributed by atoms with Gasteiger partial charge < -0.3 is 11.1 Å². The molecule has 114 valence electrons. The van der Waals surface area contributed by atoms with Crippen LogP contribution < -0.4 is 11.1 Å². The average Bonchev–Trinajstić information content (AvgIpc) is 2.89. The summed E-state index contributed by atoms with van der Waals surface area (Å²) in [5.74, 6) is 0.266. The van der Waals surface area contributed by atoms with Gasteiger partial charge >= 0.3 is 0 Å². The number of benzene rings is 1. The molecule has 0 bridgehead atoms. The molecule has 22 heavy (non-hydrogen) atoms. The highest BCUT2D eigenvalue weighted by Gasteiger charge is 2.31. The van der Waals surface area contributed by atoms with E-state index in [-0.39, 0.29) is 17.9 Å². The largest absolute Gasteiger partial charge is 0.326 e. The highest BCUT2D eigenvalue weighted by molar-refractivity contribution is 5.92. The minimum Gasteiger partial charge on any atom is -0.326 e. The Labute approximate surface area is 130 Å². The van der Waals surface area contributed by atoms with Crippen LogP contribution in [0.5, 0.6) is 0 Å². The lowest BCUT2D eigenvalue weighted by Gasteiger charge is -2.15. The van der Waals surface area contributed by atoms with Gasteiger partial charge in [0.1, 0.15) is 0 Å². The zero-order valence-corrected chi connectivity index (χ0v) is 12.4. The molecule has 5 nitrogen and oxygen atoms in total. The molecule has 3 rings (SSSR count). The third-order valence-corrected chi connectivity index (χ3v) is 4.00. The number of nitrogens with one attached hydrogen (secondary N) is 1. The second-order valence-electron chi connectivity index (χ2n) is 5.66. The van der Waals surface area contributed by atoms with Crippen molar-refractivity contribution in [1.82, 2.24) is 9.88 Å². The number of nitrogens with zero attached hydrogens (tertiary/aromatic N) is 2. The molecule has 1 aliphatic heterocycles. The fourth-order valence-corrected chi connectivity index (χ4v) is 2.93. The molecule has 1 saturated heterocycles. The second kappa shape index (κ2) is 6.68. The number of carbonyl (C=O) groups excluding carboxylic acids is 1. The molecule has 0 spiro atoms. The van der Waals surface area contributed by atoms with Gasteiger partial charge in [-0.05, 0) is 17.7 Å². The Balaban J connectivity index is 1.57. The lowest BCUT2D eigenvalue weighted by atomic mass is 9.95. The third kappa shape index (κ3) is 3.50. The first kappa shape index (κ1) is 14.7. The van der Waals surface area contributed by atoms with E-state index in [0.29, 0.717) is 6.54 Å². The Bertz CT molecular complexity index is 617. The summed E-state index contributed by atoms with van der Waals surface area (Å²) in [4.78, 5) is 18.1. The molecular formula is C17H20N4O. The van der Waals surface area contributed by atoms with Crippen molar-refractivity contribution in [1.29, 1.82) is 0 Å². The van der Waals surface area contributed by atoms with E-state index in [1.165, 1.54) is 5.56 Å². The SMILES string of the molecule is N[C@@H]1CN(CC(=O)Nc2ccncc2)C[C@H]1c1ccccc1. The standard InChI is InChI=1S/C17H20N4O/c18-16-11-21(10-15(16)13-4-2-1-3-5-13)12-17(22)20-14-6-8-19-9-7-14/h1-9,15-16H,10-12,18H2,(H,19,20,22)/t15-,16+/m0/s1. The van der Waals surface area contributed by atoms with E-state index in [9.17, 15) is 4.79 Å². The number of amides is 1. The summed E-state index contributed by atoms with van der Waals surface area (Å²) in [7, 11) is 0. The Morgan fingerprint density at radius 2 is 1.91 bits per heavy atom. The number of hydrogen-bond acceptors (Lipinski definition) is 4. The van der Waals surface area contributed by atoms with Gasteiger partial charge in [-0.3, -0.25) is 14.7 Å². The number of carbonyl (C=O) groups is 1. The molecule has 1 amide bonds. The fraction of sp³-hybridized carbons (Fsp3) is 0.294. The van der Waals surface area contributed by atoms with E-state index in [0.717, 1.165) is 18.8 Å². The van der Waals surface area contributed by atoms with Crippen LogP contribution in [0.1, 0.15) is 11.5 Å². The summed E-state index contributed by atoms with van der Waals surface area (Å²) in [5, 5.41) is 2.88. The second-order valence-corrected chi connectivity index (χ2v) is 5.66. The minimum absolute atomic E-state index is 0.0212. The van der Waals surface area contributed by atoms with Gasteiger partial charge in [-0.25, -0.2) is 0 Å². The van der Waals surface area contributed by atoms with Gasteiger partial charge in [0.05, 0.1) is 6.54 Å². The molecule has 1 aliphatic rings. The first-order valence-corrected chi connectivity index (χ1v) is 7.45. The van der Waals surface area contributed by atoms with Crippen molar-refractivity contribution in [3.63, 3.8) is 0 Å². The van der Waals surface area contributed by atoms with Crippen LogP contribution in [0.15, 0.2) is 54.9 Å². The van der Waals surface area contributed by atoms with Crippen molar-refractivity contribution in [2.75, 3.05) is 25.0 Å². The molecule has 2 atom stereocenters. The van der Waals surface area contributed by atoms with E-state index in [1.54, 1.807) is 24.5 Å². The quantitative estimate of drug-likeness (QED) is 0.896. The summed E-state index contributed by atoms with van der Waals surface area (Å²) in [5.41, 5.74) is 8.26. The van der Waals surface area contributed by atoms with Crippen molar-refractivity contribution in [2.24, 2.45) is 5.73 Å². The van der Waals surface area contributed by atoms with Crippen molar-refractivity contribution in [3.8, 4) is 0 Å². The van der Waals surface area contributed by atoms with Crippen LogP contribution in [0.4, 0.5) is 5.69 Å². The molecule has 3 N–H and O–H groups in total. The average molecular weight is 296 g/mol. The monoisotopic (exact) mass is 296 g/mol. The smallest absolute Gasteiger partial charge is 0.238 e. The lowest BCUT2D eigenvalue weighted by molar-refractivity contribution is -0.117. The normalized spacial score (nSPS) is 21.7. The molecule has 0 unspecified atom stereocenters. The molecule has 0 radical (unpaired) electrons. The summed E-state index contributed by atoms with van der Waals surface area (Å²) in [6, 6.07) is 13.9. The summed E-state index contributed by atoms with van der Waals surface area (Å²) < 4.78 is 0. The minimum atomic E-state index is -0.0212. The van der Waals surface area contributed by atoms with E-state index < -0.39 is 0 Å². The molecule has 2 aromatic rings. The van der Waals surface area contributed by atoms with Crippen LogP contribution in [-0.4, -0.2) is 41.5 Å². The van der Waals surface area contributed by atoms with Crippen molar-refractivity contribution >= 4 is 11.6 Å². The van der Waals surface area contributed by atoms with Crippen LogP contribution in [0.25, 0.3) is 0 Å². The fourth-order valence-electron chi connectivity index (χ4n) is 2.93. The molecule has 2 heterocycles. The van der Waals surface area contributed by atoms with Gasteiger partial charge in [0.25, 0.3) is 0 Å². The molecule has 1 aromatic heterocycles. The van der Waals surface area contributed by atoms with E-state index >= 15 is 0 Å². The molecular weight excluding hydrogens is 276 g/mol. The molecule has 5 heteroatoms. The highest BCUT2D eigenvalue weighted by atomic mass is 16.2. The number of likely N-dealkylation sites (tertiary alicyclic amines) is 1. The van der Waals surface area contributed by atoms with Gasteiger partial charge in [0.2, 0.25) is 5.91 Å². The summed E-state index contributed by atoms with van der Waals surface area (Å²) in [6.07, 6.45) is 3.32. The summed E-state index contributed by atoms with van der Waals surface area (Å²) >= 11 is 0. The number of hydrogen-bond donors (Lipinski definition) is 2. The van der Waals surface area contributed by atoms with Crippen LogP contribution >= 0.6 is 0 Å². The van der Waals surface area contributed by atoms with Gasteiger partial charge in [-0.1, -0.05) is 30.3 Å². The Morgan fingerprint density at radius 3 is 2.64 bits per heavy atom. The number of rotatable bonds is 4. The van der Waals surface area contributed by atoms with Crippen LogP contribution in [0.2, 0.25) is 0 Å². The lowest BCUT2D eigenvalue weighted by Crippen LogP contribution is -2.33. The predicted octanol–water partition coefficient (Wildman–Crippen LogP) is 1.45. The number of pyridine rings is 1. The number of aromatic nitrogens is 1. The Kier molecular flexibility index (Phi) is 4.46. The zero-order valence-electron chi connectivity index (χ0n) is 12.4. The van der Waals surface area contributed by atoms with E-state index in [4.69, 9.17) is 5.73 Å². The van der Waals surface area contributed by atoms with E-state index in [2.05, 4.69) is 27.3 Å². The van der Waals surface area contributed by atoms with Crippen LogP contribution in [0, 0.1) is 0 Å². The maximum Gasteiger partial charge on any atom is 0.238 e. The first-order valence-electron chi connectivity index (χ1n) is 7.45. The zero-order chi connectivity index (χ0) is 15.4. The summed E-state index contributed by atoms with van der Waals surface area (Å²) in [6.45, 7) is 1.91. The first-order chi connectivity index (χ1) is 10.7. The number of anilines is 1. The molecule has 1 fully saturated rings. The maximum atomic E-state index is 12.1. The predicted molar refractivity (Wildman–Crippen MR) is 86.5 cm³/mol. The van der Waals surface area contributed by atoms with Gasteiger partial charge in [0.15, 0.2) is 0 Å². The van der Waals surface area contributed by atoms with Crippen molar-refractivity contribution in [2.45, 2.75) is 12.0 Å². The van der Waals surface area contributed by atoms with Crippen LogP contribution in [-0.2, 0) is 4.79 Å². The third-order valence-electron chi connectivity index (χ3n) is 4.00. The molecule has 0 aliphatic carbocycles. The van der Waals surface area contributed by atoms with Gasteiger partial charge in [-0.15, -0.1) is 0 Å². The van der Waals surface area contributed by atoms with Gasteiger partial charge in [-0.2, -0.15) is 0 Å². The highest BCUT2D eigenvalue weighted by Crippen LogP contribution is 2.26. The molecule has 1 aromatic carbocycles. The Hall–Kier alpha value is -2.24. The maximum absolute atomic E-state index is 12.1. The van der Waals surface area contributed by atoms with Crippen LogP contribution in [0.3, 0.4) is 0 Å². The van der Waals surface area contributed by atoms with Crippen molar-refractivity contribution in [3.05, 3.63) is 60.4 Å². The number of nitrogens with two attached hydrogens (primary N) is 1. The van der Waals surface area contributed by atoms with E-state index in [1.807, 2.05) is 18.2 Å².